The molecule has 4 heteroatoms. The van der Waals surface area contributed by atoms with E-state index >= 15 is 0 Å². The van der Waals surface area contributed by atoms with Gasteiger partial charge in [0.1, 0.15) is 30.8 Å². The molecule has 0 saturated carbocycles. The van der Waals surface area contributed by atoms with E-state index in [4.69, 9.17) is 9.47 Å². The van der Waals surface area contributed by atoms with Gasteiger partial charge in [0.05, 0.1) is 19.7 Å². The summed E-state index contributed by atoms with van der Waals surface area (Å²) in [4.78, 5) is 1.50. The average Bonchev–Trinajstić information content (AvgIpc) is 2.48. The molecule has 3 unspecified atom stereocenters. The van der Waals surface area contributed by atoms with Crippen molar-refractivity contribution in [1.29, 1.82) is 0 Å². The molecule has 1 heterocycles. The maximum absolute atomic E-state index is 10.1. The standard InChI is InChI=1S/C16H25NO3/c1-13-5-3-4-10-17(13)11-14(18)12-20-16-8-6-15(19-2)7-9-16/h6-9,13-14,18H,3-5,10-12H2,1-2H3/p+1. The minimum absolute atomic E-state index is 0.350. The average molecular weight is 280 g/mol. The fourth-order valence-electron chi connectivity index (χ4n) is 2.78. The molecule has 0 radical (unpaired) electrons. The van der Waals surface area contributed by atoms with Crippen LogP contribution in [0, 0.1) is 0 Å². The number of ether oxygens (including phenoxy) is 2. The normalized spacial score (nSPS) is 24.1. The molecule has 2 N–H and O–H groups in total. The lowest BCUT2D eigenvalue weighted by Crippen LogP contribution is -3.17. The van der Waals surface area contributed by atoms with Crippen molar-refractivity contribution < 1.29 is 19.5 Å². The molecule has 1 saturated heterocycles. The number of aliphatic hydroxyl groups excluding tert-OH is 1. The Kier molecular flexibility index (Phi) is 5.68. The predicted octanol–water partition coefficient (Wildman–Crippen LogP) is 0.892. The second-order valence-electron chi connectivity index (χ2n) is 5.65. The first-order valence-corrected chi connectivity index (χ1v) is 7.48. The van der Waals surface area contributed by atoms with Gasteiger partial charge in [-0.3, -0.25) is 0 Å². The van der Waals surface area contributed by atoms with E-state index in [-0.39, 0.29) is 0 Å². The van der Waals surface area contributed by atoms with Gasteiger partial charge in [0.2, 0.25) is 0 Å². The van der Waals surface area contributed by atoms with Gasteiger partial charge in [0.25, 0.3) is 0 Å². The molecule has 0 spiro atoms. The van der Waals surface area contributed by atoms with Crippen LogP contribution in [0.25, 0.3) is 0 Å². The second kappa shape index (κ2) is 7.50. The first-order chi connectivity index (χ1) is 9.69. The molecule has 0 amide bonds. The Morgan fingerprint density at radius 2 is 1.95 bits per heavy atom. The highest BCUT2D eigenvalue weighted by atomic mass is 16.5. The van der Waals surface area contributed by atoms with E-state index in [1.165, 1.54) is 30.7 Å². The zero-order valence-electron chi connectivity index (χ0n) is 12.5. The van der Waals surface area contributed by atoms with Crippen molar-refractivity contribution >= 4 is 0 Å². The van der Waals surface area contributed by atoms with Gasteiger partial charge in [-0.05, 0) is 50.5 Å². The van der Waals surface area contributed by atoms with Crippen LogP contribution in [-0.2, 0) is 0 Å². The summed E-state index contributed by atoms with van der Waals surface area (Å²) in [7, 11) is 1.64. The fraction of sp³-hybridized carbons (Fsp3) is 0.625. The van der Waals surface area contributed by atoms with E-state index in [1.54, 1.807) is 7.11 Å². The fourth-order valence-corrected chi connectivity index (χ4v) is 2.78. The summed E-state index contributed by atoms with van der Waals surface area (Å²) in [6.45, 7) is 4.56. The van der Waals surface area contributed by atoms with Crippen LogP contribution in [0.5, 0.6) is 11.5 Å². The molecule has 112 valence electrons. The topological polar surface area (TPSA) is 43.1 Å². The zero-order valence-corrected chi connectivity index (χ0v) is 12.5. The van der Waals surface area contributed by atoms with Crippen LogP contribution in [0.4, 0.5) is 0 Å². The third kappa shape index (κ3) is 4.39. The molecule has 4 nitrogen and oxygen atoms in total. The minimum atomic E-state index is -0.410. The number of rotatable bonds is 6. The van der Waals surface area contributed by atoms with Crippen LogP contribution in [0.2, 0.25) is 0 Å². The first-order valence-electron chi connectivity index (χ1n) is 7.48. The molecule has 1 aliphatic heterocycles. The van der Waals surface area contributed by atoms with E-state index < -0.39 is 6.10 Å². The minimum Gasteiger partial charge on any atom is -0.497 e. The summed E-state index contributed by atoms with van der Waals surface area (Å²) in [6, 6.07) is 8.10. The van der Waals surface area contributed by atoms with E-state index in [0.29, 0.717) is 12.6 Å². The Hall–Kier alpha value is -1.26. The number of aliphatic hydroxyl groups is 1. The van der Waals surface area contributed by atoms with Crippen molar-refractivity contribution in [1.82, 2.24) is 0 Å². The molecule has 20 heavy (non-hydrogen) atoms. The molecule has 1 aliphatic rings. The maximum Gasteiger partial charge on any atom is 0.137 e. The molecule has 1 fully saturated rings. The number of piperidine rings is 1. The van der Waals surface area contributed by atoms with Gasteiger partial charge in [0, 0.05) is 0 Å². The highest BCUT2D eigenvalue weighted by Crippen LogP contribution is 2.17. The Morgan fingerprint density at radius 3 is 2.60 bits per heavy atom. The van der Waals surface area contributed by atoms with Gasteiger partial charge >= 0.3 is 0 Å². The monoisotopic (exact) mass is 280 g/mol. The number of hydrogen-bond donors (Lipinski definition) is 2. The SMILES string of the molecule is COc1ccc(OCC(O)C[NH+]2CCCCC2C)cc1. The van der Waals surface area contributed by atoms with Crippen molar-refractivity contribution in [2.75, 3.05) is 26.8 Å². The molecule has 0 aliphatic carbocycles. The van der Waals surface area contributed by atoms with E-state index in [2.05, 4.69) is 6.92 Å². The lowest BCUT2D eigenvalue weighted by molar-refractivity contribution is -0.931. The number of nitrogens with one attached hydrogen (secondary N) is 1. The first kappa shape index (κ1) is 15.1. The highest BCUT2D eigenvalue weighted by Gasteiger charge is 2.24. The van der Waals surface area contributed by atoms with Gasteiger partial charge in [0.15, 0.2) is 0 Å². The van der Waals surface area contributed by atoms with Crippen LogP contribution in [0.3, 0.4) is 0 Å². The largest absolute Gasteiger partial charge is 0.497 e. The maximum atomic E-state index is 10.1. The summed E-state index contributed by atoms with van der Waals surface area (Å²) < 4.78 is 10.7. The van der Waals surface area contributed by atoms with Crippen LogP contribution in [-0.4, -0.2) is 44.1 Å². The smallest absolute Gasteiger partial charge is 0.137 e. The number of methoxy groups -OCH3 is 1. The molecular weight excluding hydrogens is 254 g/mol. The van der Waals surface area contributed by atoms with Crippen molar-refractivity contribution in [3.63, 3.8) is 0 Å². The summed E-state index contributed by atoms with van der Waals surface area (Å²) in [6.07, 6.45) is 3.45. The number of hydrogen-bond acceptors (Lipinski definition) is 3. The third-order valence-electron chi connectivity index (χ3n) is 4.08. The Morgan fingerprint density at radius 1 is 1.25 bits per heavy atom. The van der Waals surface area contributed by atoms with Gasteiger partial charge in [-0.1, -0.05) is 0 Å². The lowest BCUT2D eigenvalue weighted by Gasteiger charge is -2.31. The van der Waals surface area contributed by atoms with Gasteiger partial charge in [-0.25, -0.2) is 0 Å². The number of benzene rings is 1. The molecule has 1 aromatic carbocycles. The number of quaternary nitrogens is 1. The van der Waals surface area contributed by atoms with Gasteiger partial charge < -0.3 is 19.5 Å². The molecule has 0 bridgehead atoms. The lowest BCUT2D eigenvalue weighted by atomic mass is 10.0. The van der Waals surface area contributed by atoms with Crippen LogP contribution in [0.1, 0.15) is 26.2 Å². The van der Waals surface area contributed by atoms with Gasteiger partial charge in [-0.15, -0.1) is 0 Å². The van der Waals surface area contributed by atoms with Crippen LogP contribution >= 0.6 is 0 Å². The Balaban J connectivity index is 1.74. The van der Waals surface area contributed by atoms with Crippen LogP contribution < -0.4 is 14.4 Å². The molecule has 1 aromatic rings. The van der Waals surface area contributed by atoms with Crippen molar-refractivity contribution in [3.05, 3.63) is 24.3 Å². The summed E-state index contributed by atoms with van der Waals surface area (Å²) >= 11 is 0. The van der Waals surface area contributed by atoms with E-state index in [9.17, 15) is 5.11 Å². The van der Waals surface area contributed by atoms with Crippen molar-refractivity contribution in [2.45, 2.75) is 38.3 Å². The van der Waals surface area contributed by atoms with Gasteiger partial charge in [-0.2, -0.15) is 0 Å². The zero-order chi connectivity index (χ0) is 14.4. The quantitative estimate of drug-likeness (QED) is 0.813. The van der Waals surface area contributed by atoms with E-state index in [0.717, 1.165) is 18.0 Å². The molecule has 2 rings (SSSR count). The molecule has 3 atom stereocenters. The Bertz CT molecular complexity index is 393. The predicted molar refractivity (Wildman–Crippen MR) is 78.5 cm³/mol. The molecular formula is C16H26NO3+. The van der Waals surface area contributed by atoms with Crippen LogP contribution in [0.15, 0.2) is 24.3 Å². The summed E-state index contributed by atoms with van der Waals surface area (Å²) in [5.41, 5.74) is 0. The molecule has 0 aromatic heterocycles. The number of likely N-dealkylation sites (tertiary alicyclic amines) is 1. The van der Waals surface area contributed by atoms with E-state index in [1.807, 2.05) is 24.3 Å². The van der Waals surface area contributed by atoms with Crippen molar-refractivity contribution in [2.24, 2.45) is 0 Å². The second-order valence-corrected chi connectivity index (χ2v) is 5.65. The Labute approximate surface area is 121 Å². The summed E-state index contributed by atoms with van der Waals surface area (Å²) in [5.74, 6) is 1.58. The van der Waals surface area contributed by atoms with Crippen molar-refractivity contribution in [3.8, 4) is 11.5 Å². The highest BCUT2D eigenvalue weighted by molar-refractivity contribution is 5.31. The summed E-state index contributed by atoms with van der Waals surface area (Å²) in [5, 5.41) is 10.1. The third-order valence-corrected chi connectivity index (χ3v) is 4.08.